The Morgan fingerprint density at radius 2 is 1.89 bits per heavy atom. The van der Waals surface area contributed by atoms with E-state index in [-0.39, 0.29) is 12.5 Å². The molecule has 1 saturated heterocycles. The van der Waals surface area contributed by atoms with Crippen LogP contribution in [0.4, 0.5) is 0 Å². The van der Waals surface area contributed by atoms with Gasteiger partial charge in [-0.25, -0.2) is 0 Å². The van der Waals surface area contributed by atoms with Crippen LogP contribution >= 0.6 is 0 Å². The number of hydrogen-bond donors (Lipinski definition) is 4. The zero-order chi connectivity index (χ0) is 19.4. The Balaban J connectivity index is 1.69. The Morgan fingerprint density at radius 1 is 1.15 bits per heavy atom. The molecule has 0 aliphatic carbocycles. The number of hydrogen-bond acceptors (Lipinski definition) is 6. The lowest BCUT2D eigenvalue weighted by Crippen LogP contribution is -2.64. The van der Waals surface area contributed by atoms with Gasteiger partial charge in [-0.3, -0.25) is 4.79 Å². The molecule has 0 bridgehead atoms. The molecule has 1 aliphatic heterocycles. The van der Waals surface area contributed by atoms with Gasteiger partial charge in [0.05, 0.1) is 13.2 Å². The van der Waals surface area contributed by atoms with Gasteiger partial charge in [-0.2, -0.15) is 0 Å². The third-order valence-electron chi connectivity index (χ3n) is 4.78. The van der Waals surface area contributed by atoms with Gasteiger partial charge in [0.25, 0.3) is 0 Å². The fourth-order valence-corrected chi connectivity index (χ4v) is 3.41. The molecule has 0 unspecified atom stereocenters. The smallest absolute Gasteiger partial charge is 0.217 e. The van der Waals surface area contributed by atoms with Gasteiger partial charge in [0.2, 0.25) is 5.91 Å². The highest BCUT2D eigenvalue weighted by Crippen LogP contribution is 2.23. The molecule has 7 heteroatoms. The van der Waals surface area contributed by atoms with Crippen LogP contribution in [0.1, 0.15) is 12.5 Å². The molecule has 0 radical (unpaired) electrons. The molecular weight excluding hydrogens is 350 g/mol. The molecule has 0 aromatic heterocycles. The molecule has 7 nitrogen and oxygen atoms in total. The van der Waals surface area contributed by atoms with Crippen molar-refractivity contribution in [1.29, 1.82) is 0 Å². The maximum atomic E-state index is 11.4. The standard InChI is InChI=1S/C20H25NO6/c1-12(23)21-17-19(25)18(24)16(11-22)27-20(17)26-10-9-14-7-4-6-13-5-2-3-8-15(13)14/h2-8,16-20,22,24-25H,9-11H2,1H3,(H,21,23)/t16-,17-,18-,19-,20-/m1/s1. The molecule has 3 rings (SSSR count). The van der Waals surface area contributed by atoms with E-state index in [4.69, 9.17) is 9.47 Å². The molecule has 1 heterocycles. The molecule has 5 atom stereocenters. The van der Waals surface area contributed by atoms with Crippen molar-refractivity contribution in [3.8, 4) is 0 Å². The molecule has 0 saturated carbocycles. The van der Waals surface area contributed by atoms with Crippen LogP contribution in [0.25, 0.3) is 10.8 Å². The Hall–Kier alpha value is -2.03. The van der Waals surface area contributed by atoms with E-state index < -0.39 is 37.3 Å². The average Bonchev–Trinajstić information content (AvgIpc) is 2.67. The molecule has 1 amide bonds. The van der Waals surface area contributed by atoms with E-state index in [0.717, 1.165) is 16.3 Å². The van der Waals surface area contributed by atoms with Crippen molar-refractivity contribution in [3.05, 3.63) is 48.0 Å². The first-order valence-corrected chi connectivity index (χ1v) is 8.99. The molecule has 27 heavy (non-hydrogen) atoms. The summed E-state index contributed by atoms with van der Waals surface area (Å²) in [6.07, 6.45) is -3.96. The van der Waals surface area contributed by atoms with Gasteiger partial charge >= 0.3 is 0 Å². The van der Waals surface area contributed by atoms with Crippen LogP contribution in [0.2, 0.25) is 0 Å². The maximum Gasteiger partial charge on any atom is 0.217 e. The second-order valence-corrected chi connectivity index (χ2v) is 6.69. The number of amides is 1. The van der Waals surface area contributed by atoms with Gasteiger partial charge in [-0.15, -0.1) is 0 Å². The fraction of sp³-hybridized carbons (Fsp3) is 0.450. The Kier molecular flexibility index (Phi) is 6.41. The minimum absolute atomic E-state index is 0.287. The van der Waals surface area contributed by atoms with E-state index in [2.05, 4.69) is 5.32 Å². The number of nitrogens with one attached hydrogen (secondary N) is 1. The van der Waals surface area contributed by atoms with Crippen LogP contribution in [0.5, 0.6) is 0 Å². The minimum Gasteiger partial charge on any atom is -0.394 e. The molecular formula is C20H25NO6. The number of aliphatic hydroxyl groups is 3. The van der Waals surface area contributed by atoms with Gasteiger partial charge in [0, 0.05) is 6.92 Å². The van der Waals surface area contributed by atoms with E-state index in [0.29, 0.717) is 6.42 Å². The summed E-state index contributed by atoms with van der Waals surface area (Å²) in [5, 5.41) is 34.5. The van der Waals surface area contributed by atoms with Gasteiger partial charge < -0.3 is 30.1 Å². The van der Waals surface area contributed by atoms with Crippen molar-refractivity contribution in [1.82, 2.24) is 5.32 Å². The largest absolute Gasteiger partial charge is 0.394 e. The predicted molar refractivity (Wildman–Crippen MR) is 99.0 cm³/mol. The summed E-state index contributed by atoms with van der Waals surface area (Å²) in [6.45, 7) is 1.13. The SMILES string of the molecule is CC(=O)N[C@H]1[C@H](OCCc2cccc3ccccc23)O[C@H](CO)[C@@H](O)[C@@H]1O. The minimum atomic E-state index is -1.32. The van der Waals surface area contributed by atoms with Crippen LogP contribution in [0.3, 0.4) is 0 Å². The highest BCUT2D eigenvalue weighted by Gasteiger charge is 2.45. The van der Waals surface area contributed by atoms with Crippen molar-refractivity contribution in [2.75, 3.05) is 13.2 Å². The van der Waals surface area contributed by atoms with Crippen LogP contribution in [-0.4, -0.2) is 65.1 Å². The second kappa shape index (κ2) is 8.77. The first-order chi connectivity index (χ1) is 13.0. The molecule has 4 N–H and O–H groups in total. The summed E-state index contributed by atoms with van der Waals surface area (Å²) in [4.78, 5) is 11.4. The number of carbonyl (C=O) groups is 1. The Morgan fingerprint density at radius 3 is 2.63 bits per heavy atom. The normalized spacial score (nSPS) is 28.2. The van der Waals surface area contributed by atoms with Gasteiger partial charge in [-0.05, 0) is 22.8 Å². The summed E-state index contributed by atoms with van der Waals surface area (Å²) in [7, 11) is 0. The predicted octanol–water partition coefficient (Wildman–Crippen LogP) is 0.343. The number of carbonyl (C=O) groups excluding carboxylic acids is 1. The van der Waals surface area contributed by atoms with Crippen LogP contribution in [0.15, 0.2) is 42.5 Å². The van der Waals surface area contributed by atoms with E-state index in [1.807, 2.05) is 42.5 Å². The highest BCUT2D eigenvalue weighted by atomic mass is 16.7. The van der Waals surface area contributed by atoms with E-state index in [1.54, 1.807) is 0 Å². The fourth-order valence-electron chi connectivity index (χ4n) is 3.41. The van der Waals surface area contributed by atoms with Crippen molar-refractivity contribution in [3.63, 3.8) is 0 Å². The molecule has 2 aromatic carbocycles. The highest BCUT2D eigenvalue weighted by molar-refractivity contribution is 5.85. The summed E-state index contributed by atoms with van der Waals surface area (Å²) in [5.74, 6) is -0.375. The van der Waals surface area contributed by atoms with Crippen molar-refractivity contribution in [2.24, 2.45) is 0 Å². The van der Waals surface area contributed by atoms with Crippen molar-refractivity contribution >= 4 is 16.7 Å². The Labute approximate surface area is 157 Å². The zero-order valence-corrected chi connectivity index (χ0v) is 15.1. The first-order valence-electron chi connectivity index (χ1n) is 8.99. The van der Waals surface area contributed by atoms with Crippen molar-refractivity contribution < 1.29 is 29.6 Å². The van der Waals surface area contributed by atoms with Gasteiger partial charge in [-0.1, -0.05) is 42.5 Å². The van der Waals surface area contributed by atoms with Crippen LogP contribution < -0.4 is 5.32 Å². The lowest BCUT2D eigenvalue weighted by atomic mass is 9.97. The summed E-state index contributed by atoms with van der Waals surface area (Å²) >= 11 is 0. The van der Waals surface area contributed by atoms with Gasteiger partial charge in [0.1, 0.15) is 24.4 Å². The van der Waals surface area contributed by atoms with Crippen LogP contribution in [-0.2, 0) is 20.7 Å². The molecule has 2 aromatic rings. The van der Waals surface area contributed by atoms with Crippen LogP contribution in [0, 0.1) is 0 Å². The number of aliphatic hydroxyl groups excluding tert-OH is 3. The average molecular weight is 375 g/mol. The summed E-state index contributed by atoms with van der Waals surface area (Å²) in [6, 6.07) is 13.2. The number of benzene rings is 2. The second-order valence-electron chi connectivity index (χ2n) is 6.69. The summed E-state index contributed by atoms with van der Waals surface area (Å²) in [5.41, 5.74) is 1.11. The monoisotopic (exact) mass is 375 g/mol. The quantitative estimate of drug-likeness (QED) is 0.580. The topological polar surface area (TPSA) is 108 Å². The molecule has 1 aliphatic rings. The van der Waals surface area contributed by atoms with Gasteiger partial charge in [0.15, 0.2) is 6.29 Å². The lowest BCUT2D eigenvalue weighted by molar-refractivity contribution is -0.269. The number of fused-ring (bicyclic) bond motifs is 1. The van der Waals surface area contributed by atoms with E-state index in [1.165, 1.54) is 6.92 Å². The molecule has 146 valence electrons. The maximum absolute atomic E-state index is 11.4. The summed E-state index contributed by atoms with van der Waals surface area (Å²) < 4.78 is 11.3. The molecule has 1 fully saturated rings. The zero-order valence-electron chi connectivity index (χ0n) is 15.1. The van der Waals surface area contributed by atoms with Crippen molar-refractivity contribution in [2.45, 2.75) is 44.0 Å². The Bertz CT molecular complexity index is 777. The third-order valence-corrected chi connectivity index (χ3v) is 4.78. The third kappa shape index (κ3) is 4.45. The molecule has 0 spiro atoms. The van der Waals surface area contributed by atoms with E-state index in [9.17, 15) is 20.1 Å². The lowest BCUT2D eigenvalue weighted by Gasteiger charge is -2.42. The first kappa shape index (κ1) is 19.7. The van der Waals surface area contributed by atoms with E-state index >= 15 is 0 Å². The number of rotatable bonds is 6. The number of ether oxygens (including phenoxy) is 2.